The molecule has 0 amide bonds. The number of hydrogen-bond acceptors (Lipinski definition) is 1. The molecule has 88 valence electrons. The van der Waals surface area contributed by atoms with Gasteiger partial charge in [0.05, 0.1) is 0 Å². The normalized spacial score (nSPS) is 14.8. The summed E-state index contributed by atoms with van der Waals surface area (Å²) in [6, 6.07) is 10.5. The molecule has 0 fully saturated rings. The Balaban J connectivity index is 2.87. The maximum Gasteiger partial charge on any atom is 0.130 e. The summed E-state index contributed by atoms with van der Waals surface area (Å²) in [6.45, 7) is 8.32. The van der Waals surface area contributed by atoms with Gasteiger partial charge in [0.15, 0.2) is 0 Å². The molecule has 0 N–H and O–H groups in total. The summed E-state index contributed by atoms with van der Waals surface area (Å²) in [5, 5.41) is 0. The number of carbonyl (C=O) groups is 1. The molecule has 16 heavy (non-hydrogen) atoms. The second-order valence-corrected chi connectivity index (χ2v) is 5.06. The zero-order valence-electron chi connectivity index (χ0n) is 10.7. The molecule has 1 nitrogen and oxygen atoms in total. The van der Waals surface area contributed by atoms with Crippen molar-refractivity contribution < 1.29 is 4.79 Å². The highest BCUT2D eigenvalue weighted by atomic mass is 16.1. The minimum atomic E-state index is 0.286. The molecule has 2 atom stereocenters. The second-order valence-electron chi connectivity index (χ2n) is 5.06. The van der Waals surface area contributed by atoms with Crippen molar-refractivity contribution in [3.8, 4) is 0 Å². The summed E-state index contributed by atoms with van der Waals surface area (Å²) < 4.78 is 0. The van der Waals surface area contributed by atoms with Crippen molar-refractivity contribution in [1.82, 2.24) is 0 Å². The van der Waals surface area contributed by atoms with Gasteiger partial charge in [-0.1, -0.05) is 51.1 Å². The maximum absolute atomic E-state index is 11.2. The molecule has 0 radical (unpaired) electrons. The third kappa shape index (κ3) is 3.48. The highest BCUT2D eigenvalue weighted by Crippen LogP contribution is 2.33. The first-order valence-corrected chi connectivity index (χ1v) is 6.06. The smallest absolute Gasteiger partial charge is 0.130 e. The zero-order chi connectivity index (χ0) is 12.1. The van der Waals surface area contributed by atoms with Crippen molar-refractivity contribution in [3.05, 3.63) is 35.9 Å². The first-order chi connectivity index (χ1) is 7.52. The van der Waals surface area contributed by atoms with Crippen molar-refractivity contribution in [2.45, 2.75) is 40.0 Å². The molecule has 0 aliphatic rings. The summed E-state index contributed by atoms with van der Waals surface area (Å²) >= 11 is 0. The predicted octanol–water partition coefficient (Wildman–Crippen LogP) is 4.04. The molecule has 1 rings (SSSR count). The third-order valence-corrected chi connectivity index (χ3v) is 3.13. The fraction of sp³-hybridized carbons (Fsp3) is 0.533. The molecule has 0 bridgehead atoms. The number of ketones is 1. The van der Waals surface area contributed by atoms with Crippen LogP contribution in [0, 0.1) is 11.8 Å². The Kier molecular flexibility index (Phi) is 4.72. The molecule has 0 spiro atoms. The highest BCUT2D eigenvalue weighted by Gasteiger charge is 2.23. The van der Waals surface area contributed by atoms with E-state index in [-0.39, 0.29) is 5.78 Å². The lowest BCUT2D eigenvalue weighted by molar-refractivity contribution is -0.118. The highest BCUT2D eigenvalue weighted by molar-refractivity contribution is 5.75. The fourth-order valence-corrected chi connectivity index (χ4v) is 2.63. The van der Waals surface area contributed by atoms with Crippen LogP contribution < -0.4 is 0 Å². The van der Waals surface area contributed by atoms with Gasteiger partial charge >= 0.3 is 0 Å². The molecule has 0 aromatic heterocycles. The SMILES string of the molecule is CC(=O)CC(C)C(c1ccccc1)C(C)C. The van der Waals surface area contributed by atoms with Crippen LogP contribution in [0.15, 0.2) is 30.3 Å². The van der Waals surface area contributed by atoms with Crippen LogP contribution in [0.4, 0.5) is 0 Å². The van der Waals surface area contributed by atoms with Crippen LogP contribution in [0.5, 0.6) is 0 Å². The van der Waals surface area contributed by atoms with E-state index in [9.17, 15) is 4.79 Å². The van der Waals surface area contributed by atoms with Gasteiger partial charge < -0.3 is 4.79 Å². The number of benzene rings is 1. The summed E-state index contributed by atoms with van der Waals surface area (Å²) in [5.74, 6) is 1.75. The van der Waals surface area contributed by atoms with E-state index in [0.717, 1.165) is 0 Å². The second kappa shape index (κ2) is 5.83. The van der Waals surface area contributed by atoms with Crippen molar-refractivity contribution >= 4 is 5.78 Å². The number of Topliss-reactive ketones (excluding diaryl/α,β-unsaturated/α-hetero) is 1. The van der Waals surface area contributed by atoms with Gasteiger partial charge in [-0.3, -0.25) is 0 Å². The number of carbonyl (C=O) groups excluding carboxylic acids is 1. The van der Waals surface area contributed by atoms with E-state index < -0.39 is 0 Å². The lowest BCUT2D eigenvalue weighted by Gasteiger charge is -2.27. The molecule has 0 aliphatic carbocycles. The molecule has 0 heterocycles. The van der Waals surface area contributed by atoms with Crippen LogP contribution in [0.1, 0.15) is 45.6 Å². The molecule has 1 heteroatoms. The minimum absolute atomic E-state index is 0.286. The summed E-state index contributed by atoms with van der Waals surface area (Å²) in [7, 11) is 0. The van der Waals surface area contributed by atoms with Crippen LogP contribution in [-0.4, -0.2) is 5.78 Å². The van der Waals surface area contributed by atoms with Gasteiger partial charge in [0.1, 0.15) is 5.78 Å². The topological polar surface area (TPSA) is 17.1 Å². The number of rotatable bonds is 5. The summed E-state index contributed by atoms with van der Waals surface area (Å²) in [4.78, 5) is 11.2. The molecular formula is C15H22O. The van der Waals surface area contributed by atoms with Crippen LogP contribution >= 0.6 is 0 Å². The molecule has 0 saturated heterocycles. The van der Waals surface area contributed by atoms with Gasteiger partial charge in [0.2, 0.25) is 0 Å². The van der Waals surface area contributed by atoms with E-state index in [4.69, 9.17) is 0 Å². The van der Waals surface area contributed by atoms with Crippen LogP contribution in [0.25, 0.3) is 0 Å². The molecule has 1 aromatic carbocycles. The van der Waals surface area contributed by atoms with Crippen LogP contribution in [0.2, 0.25) is 0 Å². The Labute approximate surface area is 98.9 Å². The van der Waals surface area contributed by atoms with E-state index in [0.29, 0.717) is 24.2 Å². The quantitative estimate of drug-likeness (QED) is 0.729. The Morgan fingerprint density at radius 2 is 1.69 bits per heavy atom. The first kappa shape index (κ1) is 13.0. The fourth-order valence-electron chi connectivity index (χ4n) is 2.63. The maximum atomic E-state index is 11.2. The average Bonchev–Trinajstić information content (AvgIpc) is 2.17. The number of hydrogen-bond donors (Lipinski definition) is 0. The molecule has 1 aromatic rings. The van der Waals surface area contributed by atoms with Crippen molar-refractivity contribution in [2.75, 3.05) is 0 Å². The third-order valence-electron chi connectivity index (χ3n) is 3.13. The van der Waals surface area contributed by atoms with E-state index in [1.54, 1.807) is 6.92 Å². The summed E-state index contributed by atoms with van der Waals surface area (Å²) in [5.41, 5.74) is 1.35. The standard InChI is InChI=1S/C15H22O/c1-11(2)15(12(3)10-13(4)16)14-8-6-5-7-9-14/h5-9,11-12,15H,10H2,1-4H3. The van der Waals surface area contributed by atoms with Gasteiger partial charge in [0, 0.05) is 6.42 Å². The van der Waals surface area contributed by atoms with Gasteiger partial charge in [0.25, 0.3) is 0 Å². The predicted molar refractivity (Wildman–Crippen MR) is 68.5 cm³/mol. The monoisotopic (exact) mass is 218 g/mol. The Morgan fingerprint density at radius 3 is 2.12 bits per heavy atom. The van der Waals surface area contributed by atoms with Crippen molar-refractivity contribution in [3.63, 3.8) is 0 Å². The van der Waals surface area contributed by atoms with E-state index in [2.05, 4.69) is 45.0 Å². The molecule has 0 aliphatic heterocycles. The van der Waals surface area contributed by atoms with Gasteiger partial charge in [-0.15, -0.1) is 0 Å². The lowest BCUT2D eigenvalue weighted by Crippen LogP contribution is -2.18. The first-order valence-electron chi connectivity index (χ1n) is 6.06. The van der Waals surface area contributed by atoms with Crippen LogP contribution in [0.3, 0.4) is 0 Å². The van der Waals surface area contributed by atoms with Crippen molar-refractivity contribution in [2.24, 2.45) is 11.8 Å². The van der Waals surface area contributed by atoms with Gasteiger partial charge in [-0.05, 0) is 30.2 Å². The molecular weight excluding hydrogens is 196 g/mol. The summed E-state index contributed by atoms with van der Waals surface area (Å²) in [6.07, 6.45) is 0.678. The Morgan fingerprint density at radius 1 is 1.12 bits per heavy atom. The molecule has 0 saturated carbocycles. The van der Waals surface area contributed by atoms with Gasteiger partial charge in [-0.25, -0.2) is 0 Å². The Hall–Kier alpha value is -1.11. The van der Waals surface area contributed by atoms with E-state index in [1.165, 1.54) is 5.56 Å². The zero-order valence-corrected chi connectivity index (χ0v) is 10.7. The lowest BCUT2D eigenvalue weighted by atomic mass is 9.77. The van der Waals surface area contributed by atoms with E-state index in [1.807, 2.05) is 6.07 Å². The minimum Gasteiger partial charge on any atom is -0.300 e. The van der Waals surface area contributed by atoms with Gasteiger partial charge in [-0.2, -0.15) is 0 Å². The molecule has 2 unspecified atom stereocenters. The van der Waals surface area contributed by atoms with E-state index >= 15 is 0 Å². The van der Waals surface area contributed by atoms with Crippen LogP contribution in [-0.2, 0) is 4.79 Å². The average molecular weight is 218 g/mol. The Bertz CT molecular complexity index is 327. The van der Waals surface area contributed by atoms with Crippen molar-refractivity contribution in [1.29, 1.82) is 0 Å². The largest absolute Gasteiger partial charge is 0.300 e.